The monoisotopic (exact) mass is 651 g/mol. The molecule has 37 heavy (non-hydrogen) atoms. The molecule has 0 spiro atoms. The molecule has 16 N–H and O–H groups in total. The molecule has 0 rings (SSSR count). The van der Waals surface area contributed by atoms with E-state index in [2.05, 4.69) is 0 Å². The van der Waals surface area contributed by atoms with E-state index in [9.17, 15) is 22.8 Å². The molecule has 23 heteroatoms. The molecule has 0 saturated heterocycles. The summed E-state index contributed by atoms with van der Waals surface area (Å²) in [5, 5.41) is 0. The molecule has 0 saturated carbocycles. The second-order valence-electron chi connectivity index (χ2n) is 7.91. The SMILES string of the molecule is CP(=O)(O)O.CP(=O)(O)O.CP(=O)(O)O.CP(=O)(O)O.NCCCC(CN)CCCC(N)CP(=O)(O)O. The average Bonchev–Trinajstić information content (AvgIpc) is 2.50. The fourth-order valence-corrected chi connectivity index (χ4v) is 2.65. The highest BCUT2D eigenvalue weighted by Gasteiger charge is 2.18. The van der Waals surface area contributed by atoms with Gasteiger partial charge in [-0.3, -0.25) is 22.8 Å². The smallest absolute Gasteiger partial charge is 0.327 e. The molecule has 0 aromatic heterocycles. The number of hydrogen-bond acceptors (Lipinski definition) is 8. The quantitative estimate of drug-likeness (QED) is 0.128. The van der Waals surface area contributed by atoms with E-state index in [4.69, 9.17) is 66.1 Å². The van der Waals surface area contributed by atoms with Crippen molar-refractivity contribution < 1.29 is 71.8 Å². The van der Waals surface area contributed by atoms with Gasteiger partial charge in [-0.1, -0.05) is 6.42 Å². The van der Waals surface area contributed by atoms with Crippen molar-refractivity contribution in [3.05, 3.63) is 0 Å². The van der Waals surface area contributed by atoms with Crippen molar-refractivity contribution in [3.8, 4) is 0 Å². The predicted octanol–water partition coefficient (Wildman–Crippen LogP) is -0.849. The minimum atomic E-state index is -3.98. The first-order valence-electron chi connectivity index (χ1n) is 10.2. The molecular formula is C14H46N3O15P5. The maximum absolute atomic E-state index is 10.7. The summed E-state index contributed by atoms with van der Waals surface area (Å²) in [6, 6.07) is -0.427. The molecule has 0 heterocycles. The Balaban J connectivity index is -0.000000139. The Labute approximate surface area is 217 Å². The van der Waals surface area contributed by atoms with Crippen molar-refractivity contribution >= 4 is 38.0 Å². The van der Waals surface area contributed by atoms with Gasteiger partial charge in [-0.2, -0.15) is 0 Å². The van der Waals surface area contributed by atoms with Crippen molar-refractivity contribution in [1.29, 1.82) is 0 Å². The van der Waals surface area contributed by atoms with E-state index in [1.165, 1.54) is 0 Å². The third-order valence-electron chi connectivity index (χ3n) is 2.81. The van der Waals surface area contributed by atoms with Crippen LogP contribution in [0.2, 0.25) is 0 Å². The lowest BCUT2D eigenvalue weighted by Crippen LogP contribution is -2.25. The Morgan fingerprint density at radius 3 is 1.05 bits per heavy atom. The molecule has 232 valence electrons. The highest BCUT2D eigenvalue weighted by atomic mass is 31.2. The van der Waals surface area contributed by atoms with Gasteiger partial charge >= 0.3 is 38.0 Å². The molecule has 0 aliphatic rings. The fraction of sp³-hybridized carbons (Fsp3) is 1.00. The number of hydrogen-bond donors (Lipinski definition) is 13. The third-order valence-corrected chi connectivity index (χ3v) is 3.75. The zero-order valence-electron chi connectivity index (χ0n) is 21.3. The van der Waals surface area contributed by atoms with Gasteiger partial charge in [0, 0.05) is 32.7 Å². The molecule has 2 unspecified atom stereocenters. The van der Waals surface area contributed by atoms with Crippen LogP contribution in [0, 0.1) is 5.92 Å². The van der Waals surface area contributed by atoms with Crippen LogP contribution in [0.4, 0.5) is 0 Å². The second kappa shape index (κ2) is 23.3. The highest BCUT2D eigenvalue weighted by Crippen LogP contribution is 2.35. The molecule has 0 radical (unpaired) electrons. The standard InChI is InChI=1S/C10H26N3O3P.4CH5O3P/c11-6-2-4-9(7-12)3-1-5-10(13)8-17(14,15)16;4*1-5(2,3)4/h9-10H,1-8,11-13H2,(H2,14,15,16);4*1H3,(H2,2,3,4). The van der Waals surface area contributed by atoms with E-state index in [-0.39, 0.29) is 6.16 Å². The van der Waals surface area contributed by atoms with Crippen LogP contribution in [0.25, 0.3) is 0 Å². The third kappa shape index (κ3) is 141. The van der Waals surface area contributed by atoms with E-state index in [1.807, 2.05) is 0 Å². The summed E-state index contributed by atoms with van der Waals surface area (Å²) in [5.74, 6) is 0.445. The zero-order chi connectivity index (χ0) is 31.3. The average molecular weight is 651 g/mol. The van der Waals surface area contributed by atoms with E-state index < -0.39 is 44.0 Å². The van der Waals surface area contributed by atoms with Crippen molar-refractivity contribution in [2.75, 3.05) is 45.9 Å². The van der Waals surface area contributed by atoms with Crippen LogP contribution in [0.3, 0.4) is 0 Å². The lowest BCUT2D eigenvalue weighted by Gasteiger charge is -2.16. The Bertz CT molecular complexity index is 659. The van der Waals surface area contributed by atoms with Gasteiger partial charge in [-0.15, -0.1) is 0 Å². The molecular weight excluding hydrogens is 605 g/mol. The molecule has 0 fully saturated rings. The van der Waals surface area contributed by atoms with E-state index in [0.717, 1.165) is 52.3 Å². The van der Waals surface area contributed by atoms with E-state index in [0.29, 0.717) is 25.4 Å². The molecule has 0 amide bonds. The molecule has 0 aliphatic heterocycles. The topological polar surface area (TPSA) is 366 Å². The van der Waals surface area contributed by atoms with Crippen LogP contribution in [-0.4, -0.2) is 101 Å². The minimum absolute atomic E-state index is 0.233. The lowest BCUT2D eigenvalue weighted by atomic mass is 9.96. The predicted molar refractivity (Wildman–Crippen MR) is 141 cm³/mol. The first-order valence-corrected chi connectivity index (χ1v) is 20.2. The first-order chi connectivity index (χ1) is 15.9. The normalized spacial score (nSPS) is 13.6. The Kier molecular flexibility index (Phi) is 29.9. The van der Waals surface area contributed by atoms with Crippen LogP contribution in [-0.2, 0) is 22.8 Å². The summed E-state index contributed by atoms with van der Waals surface area (Å²) in [4.78, 5) is 78.6. The molecule has 2 atom stereocenters. The van der Waals surface area contributed by atoms with E-state index >= 15 is 0 Å². The number of nitrogens with two attached hydrogens (primary N) is 3. The van der Waals surface area contributed by atoms with Crippen molar-refractivity contribution in [1.82, 2.24) is 0 Å². The molecule has 0 aromatic rings. The molecule has 0 aliphatic carbocycles. The van der Waals surface area contributed by atoms with Gasteiger partial charge in [0.1, 0.15) is 0 Å². The van der Waals surface area contributed by atoms with Crippen LogP contribution in [0.15, 0.2) is 0 Å². The van der Waals surface area contributed by atoms with Gasteiger partial charge < -0.3 is 66.1 Å². The van der Waals surface area contributed by atoms with Crippen LogP contribution in [0.1, 0.15) is 32.1 Å². The minimum Gasteiger partial charge on any atom is -0.330 e. The largest absolute Gasteiger partial charge is 0.330 e. The summed E-state index contributed by atoms with van der Waals surface area (Å²) in [6.07, 6.45) is 4.18. The van der Waals surface area contributed by atoms with Gasteiger partial charge in [0.2, 0.25) is 0 Å². The molecule has 0 aromatic carbocycles. The first kappa shape index (κ1) is 47.4. The fourth-order valence-electron chi connectivity index (χ4n) is 1.85. The van der Waals surface area contributed by atoms with Gasteiger partial charge in [0.25, 0.3) is 0 Å². The maximum atomic E-state index is 10.7. The van der Waals surface area contributed by atoms with Gasteiger partial charge in [-0.05, 0) is 44.7 Å². The summed E-state index contributed by atoms with van der Waals surface area (Å²) < 4.78 is 48.0. The second-order valence-corrected chi connectivity index (χ2v) is 16.3. The zero-order valence-corrected chi connectivity index (χ0v) is 25.8. The van der Waals surface area contributed by atoms with Crippen molar-refractivity contribution in [2.24, 2.45) is 23.1 Å². The molecule has 18 nitrogen and oxygen atoms in total. The van der Waals surface area contributed by atoms with Crippen LogP contribution >= 0.6 is 38.0 Å². The Morgan fingerprint density at radius 2 is 0.838 bits per heavy atom. The summed E-state index contributed by atoms with van der Waals surface area (Å²) >= 11 is 0. The van der Waals surface area contributed by atoms with Crippen LogP contribution < -0.4 is 17.2 Å². The van der Waals surface area contributed by atoms with Crippen molar-refractivity contribution in [3.63, 3.8) is 0 Å². The van der Waals surface area contributed by atoms with Crippen LogP contribution in [0.5, 0.6) is 0 Å². The molecule has 0 bridgehead atoms. The van der Waals surface area contributed by atoms with Gasteiger partial charge in [0.15, 0.2) is 0 Å². The summed E-state index contributed by atoms with van der Waals surface area (Å²) in [6.45, 7) is 4.72. The number of rotatable bonds is 10. The summed E-state index contributed by atoms with van der Waals surface area (Å²) in [5.41, 5.74) is 16.7. The highest BCUT2D eigenvalue weighted by molar-refractivity contribution is 7.52. The Hall–Kier alpha value is 0.630. The Morgan fingerprint density at radius 1 is 0.568 bits per heavy atom. The summed E-state index contributed by atoms with van der Waals surface area (Å²) in [7, 11) is -18.5. The van der Waals surface area contributed by atoms with Gasteiger partial charge in [-0.25, -0.2) is 0 Å². The lowest BCUT2D eigenvalue weighted by molar-refractivity contribution is 0.363. The van der Waals surface area contributed by atoms with Crippen molar-refractivity contribution in [2.45, 2.75) is 38.1 Å². The van der Waals surface area contributed by atoms with Gasteiger partial charge in [0.05, 0.1) is 6.16 Å². The maximum Gasteiger partial charge on any atom is 0.327 e. The van der Waals surface area contributed by atoms with E-state index in [1.54, 1.807) is 0 Å².